The highest BCUT2D eigenvalue weighted by atomic mass is 35.5. The zero-order valence-electron chi connectivity index (χ0n) is 22.4. The molecule has 2 amide bonds. The van der Waals surface area contributed by atoms with E-state index in [1.165, 1.54) is 17.5 Å². The van der Waals surface area contributed by atoms with Gasteiger partial charge in [-0.25, -0.2) is 8.42 Å². The molecule has 2 aromatic rings. The van der Waals surface area contributed by atoms with Gasteiger partial charge in [0.25, 0.3) is 0 Å². The van der Waals surface area contributed by atoms with Gasteiger partial charge in [0, 0.05) is 25.6 Å². The Labute approximate surface area is 231 Å². The molecule has 0 spiro atoms. The van der Waals surface area contributed by atoms with Crippen LogP contribution >= 0.6 is 11.6 Å². The van der Waals surface area contributed by atoms with Crippen molar-refractivity contribution in [3.63, 3.8) is 0 Å². The normalized spacial score (nSPS) is 14.6. The lowest BCUT2D eigenvalue weighted by molar-refractivity contribution is -0.141. The Morgan fingerprint density at radius 3 is 2.39 bits per heavy atom. The molecule has 3 rings (SSSR count). The summed E-state index contributed by atoms with van der Waals surface area (Å²) in [6.07, 6.45) is 6.11. The largest absolute Gasteiger partial charge is 0.495 e. The number of rotatable bonds is 13. The summed E-state index contributed by atoms with van der Waals surface area (Å²) < 4.78 is 31.5. The van der Waals surface area contributed by atoms with Gasteiger partial charge in [0.15, 0.2) is 0 Å². The molecule has 1 aliphatic carbocycles. The molecule has 0 radical (unpaired) electrons. The first-order valence-electron chi connectivity index (χ1n) is 13.1. The predicted octanol–water partition coefficient (Wildman–Crippen LogP) is 4.76. The molecule has 208 valence electrons. The molecule has 8 nitrogen and oxygen atoms in total. The van der Waals surface area contributed by atoms with E-state index >= 15 is 0 Å². The second-order valence-electron chi connectivity index (χ2n) is 9.68. The highest BCUT2D eigenvalue weighted by molar-refractivity contribution is 7.92. The Balaban J connectivity index is 1.74. The van der Waals surface area contributed by atoms with Gasteiger partial charge >= 0.3 is 0 Å². The molecule has 1 unspecified atom stereocenters. The van der Waals surface area contributed by atoms with E-state index in [1.54, 1.807) is 17.0 Å². The molecule has 38 heavy (non-hydrogen) atoms. The monoisotopic (exact) mass is 563 g/mol. The lowest BCUT2D eigenvalue weighted by atomic mass is 10.1. The van der Waals surface area contributed by atoms with Crippen LogP contribution in [0.5, 0.6) is 5.75 Å². The molecular formula is C28H38ClN3O5S. The molecule has 0 saturated heterocycles. The number of ether oxygens (including phenoxy) is 1. The van der Waals surface area contributed by atoms with Crippen LogP contribution in [-0.4, -0.2) is 57.1 Å². The van der Waals surface area contributed by atoms with Gasteiger partial charge in [-0.15, -0.1) is 0 Å². The van der Waals surface area contributed by atoms with Crippen LogP contribution < -0.4 is 14.4 Å². The van der Waals surface area contributed by atoms with E-state index in [9.17, 15) is 18.0 Å². The van der Waals surface area contributed by atoms with Crippen molar-refractivity contribution in [3.8, 4) is 5.75 Å². The number of halogens is 1. The van der Waals surface area contributed by atoms with E-state index in [0.717, 1.165) is 37.5 Å². The van der Waals surface area contributed by atoms with Gasteiger partial charge < -0.3 is 15.0 Å². The molecule has 1 atom stereocenters. The van der Waals surface area contributed by atoms with E-state index in [1.807, 2.05) is 37.3 Å². The lowest BCUT2D eigenvalue weighted by Gasteiger charge is -2.32. The molecule has 0 aromatic heterocycles. The molecule has 1 N–H and O–H groups in total. The number of anilines is 1. The van der Waals surface area contributed by atoms with Gasteiger partial charge in [-0.3, -0.25) is 13.9 Å². The first kappa shape index (κ1) is 29.8. The second-order valence-corrected chi connectivity index (χ2v) is 12.0. The maximum atomic E-state index is 13.5. The Bertz CT molecular complexity index is 1190. The van der Waals surface area contributed by atoms with Crippen molar-refractivity contribution in [2.75, 3.05) is 24.2 Å². The van der Waals surface area contributed by atoms with Gasteiger partial charge in [0.2, 0.25) is 21.8 Å². The quantitative estimate of drug-likeness (QED) is 0.379. The number of nitrogens with zero attached hydrogens (tertiary/aromatic N) is 2. The number of amides is 2. The van der Waals surface area contributed by atoms with Crippen LogP contribution in [-0.2, 0) is 26.2 Å². The van der Waals surface area contributed by atoms with Crippen LogP contribution in [0.3, 0.4) is 0 Å². The summed E-state index contributed by atoms with van der Waals surface area (Å²) in [5.41, 5.74) is 1.33. The molecular weight excluding hydrogens is 526 g/mol. The van der Waals surface area contributed by atoms with Crippen LogP contribution in [0.4, 0.5) is 5.69 Å². The van der Waals surface area contributed by atoms with Crippen LogP contribution in [0.1, 0.15) is 57.4 Å². The van der Waals surface area contributed by atoms with E-state index in [2.05, 4.69) is 5.32 Å². The van der Waals surface area contributed by atoms with Gasteiger partial charge in [0.05, 0.1) is 24.1 Å². The summed E-state index contributed by atoms with van der Waals surface area (Å²) in [6, 6.07) is 13.9. The summed E-state index contributed by atoms with van der Waals surface area (Å²) in [4.78, 5) is 28.4. The number of hydrogen-bond acceptors (Lipinski definition) is 5. The number of nitrogens with one attached hydrogen (secondary N) is 1. The van der Waals surface area contributed by atoms with Crippen LogP contribution in [0.2, 0.25) is 5.02 Å². The molecule has 1 fully saturated rings. The highest BCUT2D eigenvalue weighted by Crippen LogP contribution is 2.30. The minimum Gasteiger partial charge on any atom is -0.495 e. The number of sulfonamides is 1. The minimum atomic E-state index is -3.62. The van der Waals surface area contributed by atoms with Crippen molar-refractivity contribution in [2.45, 2.75) is 70.5 Å². The smallest absolute Gasteiger partial charge is 0.243 e. The maximum absolute atomic E-state index is 13.5. The summed E-state index contributed by atoms with van der Waals surface area (Å²) in [5, 5.41) is 3.43. The number of methoxy groups -OCH3 is 1. The zero-order valence-corrected chi connectivity index (χ0v) is 23.9. The Morgan fingerprint density at radius 1 is 1.13 bits per heavy atom. The Kier molecular flexibility index (Phi) is 10.8. The SMILES string of the molecule is CCC(C(=O)NC1CCCC1)N(Cc1ccccc1)C(=O)CCCN(c1ccc(OC)c(Cl)c1)S(C)(=O)=O. The third kappa shape index (κ3) is 8.11. The maximum Gasteiger partial charge on any atom is 0.243 e. The van der Waals surface area contributed by atoms with Crippen molar-refractivity contribution in [3.05, 3.63) is 59.1 Å². The summed E-state index contributed by atoms with van der Waals surface area (Å²) in [5.74, 6) is 0.120. The van der Waals surface area contributed by atoms with Crippen molar-refractivity contribution >= 4 is 39.1 Å². The van der Waals surface area contributed by atoms with Crippen LogP contribution in [0, 0.1) is 0 Å². The Morgan fingerprint density at radius 2 is 1.82 bits per heavy atom. The fraction of sp³-hybridized carbons (Fsp3) is 0.500. The molecule has 1 saturated carbocycles. The third-order valence-electron chi connectivity index (χ3n) is 6.86. The molecule has 2 aromatic carbocycles. The van der Waals surface area contributed by atoms with E-state index in [4.69, 9.17) is 16.3 Å². The van der Waals surface area contributed by atoms with Gasteiger partial charge in [-0.1, -0.05) is 61.7 Å². The fourth-order valence-corrected chi connectivity index (χ4v) is 6.09. The fourth-order valence-electron chi connectivity index (χ4n) is 4.88. The number of carbonyl (C=O) groups excluding carboxylic acids is 2. The highest BCUT2D eigenvalue weighted by Gasteiger charge is 2.30. The van der Waals surface area contributed by atoms with E-state index in [0.29, 0.717) is 29.4 Å². The average Bonchev–Trinajstić information content (AvgIpc) is 3.39. The van der Waals surface area contributed by atoms with Gasteiger partial charge in [-0.05, 0) is 49.4 Å². The van der Waals surface area contributed by atoms with Crippen molar-refractivity contribution in [2.24, 2.45) is 0 Å². The minimum absolute atomic E-state index is 0.0932. The molecule has 1 aliphatic rings. The number of hydrogen-bond donors (Lipinski definition) is 1. The van der Waals surface area contributed by atoms with Gasteiger partial charge in [-0.2, -0.15) is 0 Å². The van der Waals surface area contributed by atoms with Crippen molar-refractivity contribution in [1.82, 2.24) is 10.2 Å². The van der Waals surface area contributed by atoms with E-state index in [-0.39, 0.29) is 37.2 Å². The lowest BCUT2D eigenvalue weighted by Crippen LogP contribution is -2.51. The summed E-state index contributed by atoms with van der Waals surface area (Å²) in [6.45, 7) is 2.31. The molecule has 0 bridgehead atoms. The molecule has 0 aliphatic heterocycles. The van der Waals surface area contributed by atoms with Crippen LogP contribution in [0.15, 0.2) is 48.5 Å². The number of benzene rings is 2. The molecule has 10 heteroatoms. The standard InChI is InChI=1S/C28H38ClN3O5S/c1-4-25(28(34)30-22-13-8-9-14-22)31(20-21-11-6-5-7-12-21)27(33)15-10-18-32(38(3,35)36)23-16-17-26(37-2)24(29)19-23/h5-7,11-12,16-17,19,22,25H,4,8-10,13-15,18,20H2,1-3H3,(H,30,34). The third-order valence-corrected chi connectivity index (χ3v) is 8.35. The first-order chi connectivity index (χ1) is 18.1. The predicted molar refractivity (Wildman–Crippen MR) is 151 cm³/mol. The van der Waals surface area contributed by atoms with Crippen molar-refractivity contribution < 1.29 is 22.7 Å². The summed E-state index contributed by atoms with van der Waals surface area (Å²) in [7, 11) is -2.14. The topological polar surface area (TPSA) is 96.0 Å². The molecule has 0 heterocycles. The van der Waals surface area contributed by atoms with Gasteiger partial charge in [0.1, 0.15) is 11.8 Å². The number of carbonyl (C=O) groups is 2. The summed E-state index contributed by atoms with van der Waals surface area (Å²) >= 11 is 6.22. The zero-order chi connectivity index (χ0) is 27.7. The Hall–Kier alpha value is -2.78. The van der Waals surface area contributed by atoms with Crippen LogP contribution in [0.25, 0.3) is 0 Å². The average molecular weight is 564 g/mol. The first-order valence-corrected chi connectivity index (χ1v) is 15.3. The van der Waals surface area contributed by atoms with E-state index < -0.39 is 16.1 Å². The van der Waals surface area contributed by atoms with Crippen molar-refractivity contribution in [1.29, 1.82) is 0 Å². The second kappa shape index (κ2) is 13.8.